The SMILES string of the molecule is CCCCCCCCCCCCCC(=O)O[C@H]1CC[C@H](NC(=O)[C@H](OC)[C@H](O)[C@@H](O)[C@H](O)/C=C/C(C)(C)C)C(=O)N(C)C1. The maximum atomic E-state index is 13.0. The van der Waals surface area contributed by atoms with E-state index >= 15 is 0 Å². The molecule has 10 heteroatoms. The molecule has 0 spiro atoms. The van der Waals surface area contributed by atoms with Gasteiger partial charge in [0.15, 0.2) is 6.10 Å². The van der Waals surface area contributed by atoms with Crippen molar-refractivity contribution in [3.05, 3.63) is 12.2 Å². The number of likely N-dealkylation sites (tertiary alicyclic amines) is 1. The summed E-state index contributed by atoms with van der Waals surface area (Å²) in [6.45, 7) is 8.19. The summed E-state index contributed by atoms with van der Waals surface area (Å²) < 4.78 is 10.8. The molecule has 1 heterocycles. The van der Waals surface area contributed by atoms with Gasteiger partial charge in [0, 0.05) is 20.6 Å². The first-order chi connectivity index (χ1) is 20.3. The lowest BCUT2D eigenvalue weighted by atomic mass is 9.94. The van der Waals surface area contributed by atoms with Gasteiger partial charge >= 0.3 is 5.97 Å². The van der Waals surface area contributed by atoms with Crippen LogP contribution in [0.1, 0.15) is 118 Å². The van der Waals surface area contributed by atoms with E-state index in [0.717, 1.165) is 19.3 Å². The summed E-state index contributed by atoms with van der Waals surface area (Å²) in [7, 11) is 2.78. The molecule has 4 N–H and O–H groups in total. The highest BCUT2D eigenvalue weighted by Gasteiger charge is 2.38. The minimum Gasteiger partial charge on any atom is -0.460 e. The molecule has 1 saturated heterocycles. The molecule has 1 aliphatic heterocycles. The van der Waals surface area contributed by atoms with Gasteiger partial charge in [-0.3, -0.25) is 14.4 Å². The Labute approximate surface area is 259 Å². The number of unbranched alkanes of at least 4 members (excludes halogenated alkanes) is 10. The number of hydrogen-bond donors (Lipinski definition) is 4. The highest BCUT2D eigenvalue weighted by molar-refractivity contribution is 5.89. The summed E-state index contributed by atoms with van der Waals surface area (Å²) >= 11 is 0. The number of nitrogens with one attached hydrogen (secondary N) is 1. The first kappa shape index (κ1) is 39.0. The third-order valence-corrected chi connectivity index (χ3v) is 7.84. The van der Waals surface area contributed by atoms with Crippen LogP contribution in [0.25, 0.3) is 0 Å². The van der Waals surface area contributed by atoms with E-state index in [1.807, 2.05) is 20.8 Å². The molecule has 0 bridgehead atoms. The molecule has 0 radical (unpaired) electrons. The first-order valence-electron chi connectivity index (χ1n) is 16.3. The molecular weight excluding hydrogens is 552 g/mol. The lowest BCUT2D eigenvalue weighted by Crippen LogP contribution is -2.55. The van der Waals surface area contributed by atoms with Gasteiger partial charge in [-0.2, -0.15) is 0 Å². The van der Waals surface area contributed by atoms with Gasteiger partial charge in [0.2, 0.25) is 5.91 Å². The van der Waals surface area contributed by atoms with Gasteiger partial charge < -0.3 is 35.0 Å². The number of aliphatic hydroxyl groups is 3. The number of allylic oxidation sites excluding steroid dienone is 1. The zero-order valence-corrected chi connectivity index (χ0v) is 27.6. The molecule has 1 rings (SSSR count). The summed E-state index contributed by atoms with van der Waals surface area (Å²) in [5.74, 6) is -1.42. The maximum absolute atomic E-state index is 13.0. The summed E-state index contributed by atoms with van der Waals surface area (Å²) in [6, 6.07) is -0.916. The van der Waals surface area contributed by atoms with Gasteiger partial charge in [-0.25, -0.2) is 0 Å². The van der Waals surface area contributed by atoms with Crippen molar-refractivity contribution in [3.63, 3.8) is 0 Å². The molecule has 250 valence electrons. The molecule has 6 atom stereocenters. The van der Waals surface area contributed by atoms with E-state index in [2.05, 4.69) is 12.2 Å². The third kappa shape index (κ3) is 16.0. The number of ether oxygens (including phenoxy) is 2. The van der Waals surface area contributed by atoms with Crippen LogP contribution in [0.3, 0.4) is 0 Å². The zero-order chi connectivity index (χ0) is 32.4. The van der Waals surface area contributed by atoms with Gasteiger partial charge in [0.25, 0.3) is 5.91 Å². The van der Waals surface area contributed by atoms with Crippen molar-refractivity contribution in [3.8, 4) is 0 Å². The lowest BCUT2D eigenvalue weighted by Gasteiger charge is -2.29. The van der Waals surface area contributed by atoms with Crippen LogP contribution in [0, 0.1) is 5.41 Å². The van der Waals surface area contributed by atoms with Crippen molar-refractivity contribution in [2.24, 2.45) is 5.41 Å². The highest BCUT2D eigenvalue weighted by Crippen LogP contribution is 2.19. The average molecular weight is 613 g/mol. The molecule has 10 nitrogen and oxygen atoms in total. The van der Waals surface area contributed by atoms with Crippen molar-refractivity contribution in [2.45, 2.75) is 154 Å². The van der Waals surface area contributed by atoms with Gasteiger partial charge in [0.05, 0.1) is 6.54 Å². The Balaban J connectivity index is 2.49. The Kier molecular flexibility index (Phi) is 18.9. The number of nitrogens with zero attached hydrogens (tertiary/aromatic N) is 1. The molecule has 1 fully saturated rings. The second kappa shape index (κ2) is 20.9. The molecule has 0 saturated carbocycles. The molecular formula is C33H60N2O8. The number of carbonyl (C=O) groups is 3. The van der Waals surface area contributed by atoms with E-state index in [0.29, 0.717) is 12.8 Å². The Morgan fingerprint density at radius 1 is 0.953 bits per heavy atom. The van der Waals surface area contributed by atoms with Crippen molar-refractivity contribution in [1.29, 1.82) is 0 Å². The van der Waals surface area contributed by atoms with Gasteiger partial charge in [-0.1, -0.05) is 104 Å². The number of esters is 1. The second-order valence-electron chi connectivity index (χ2n) is 13.1. The molecule has 2 amide bonds. The highest BCUT2D eigenvalue weighted by atomic mass is 16.5. The van der Waals surface area contributed by atoms with E-state index in [1.54, 1.807) is 13.1 Å². The number of aliphatic hydroxyl groups excluding tert-OH is 3. The van der Waals surface area contributed by atoms with Crippen LogP contribution in [0.2, 0.25) is 0 Å². The fourth-order valence-electron chi connectivity index (χ4n) is 5.17. The van der Waals surface area contributed by atoms with Crippen LogP contribution in [0.4, 0.5) is 0 Å². The Morgan fingerprint density at radius 2 is 1.51 bits per heavy atom. The predicted molar refractivity (Wildman–Crippen MR) is 167 cm³/mol. The molecule has 0 aromatic heterocycles. The monoisotopic (exact) mass is 612 g/mol. The standard InChI is InChI=1S/C33H60N2O8/c1-7-8-9-10-11-12-13-14-15-16-17-18-27(37)43-24-19-20-25(32(41)35(5)23-24)34-31(40)30(42-6)29(39)28(38)26(36)21-22-33(2,3)4/h21-22,24-26,28-30,36,38-39H,7-20,23H2,1-6H3,(H,34,40)/b22-21+/t24-,25-,26+,28-,29+,30+/m0/s1. The van der Waals surface area contributed by atoms with Crippen molar-refractivity contribution >= 4 is 17.8 Å². The summed E-state index contributed by atoms with van der Waals surface area (Å²) in [5, 5.41) is 33.9. The third-order valence-electron chi connectivity index (χ3n) is 7.84. The zero-order valence-electron chi connectivity index (χ0n) is 27.6. The molecule has 0 aliphatic carbocycles. The van der Waals surface area contributed by atoms with Crippen LogP contribution >= 0.6 is 0 Å². The fourth-order valence-corrected chi connectivity index (χ4v) is 5.17. The van der Waals surface area contributed by atoms with E-state index in [1.165, 1.54) is 69.5 Å². The Morgan fingerprint density at radius 3 is 2.05 bits per heavy atom. The topological polar surface area (TPSA) is 146 Å². The normalized spacial score (nSPS) is 20.9. The van der Waals surface area contributed by atoms with Crippen LogP contribution in [-0.2, 0) is 23.9 Å². The Bertz CT molecular complexity index is 843. The van der Waals surface area contributed by atoms with Gasteiger partial charge in [0.1, 0.15) is 30.5 Å². The van der Waals surface area contributed by atoms with E-state index in [4.69, 9.17) is 9.47 Å². The number of rotatable bonds is 20. The minimum atomic E-state index is -1.74. The molecule has 43 heavy (non-hydrogen) atoms. The quantitative estimate of drug-likeness (QED) is 0.0916. The largest absolute Gasteiger partial charge is 0.460 e. The van der Waals surface area contributed by atoms with Crippen LogP contribution in [-0.4, -0.2) is 95.3 Å². The van der Waals surface area contributed by atoms with Crippen LogP contribution < -0.4 is 5.32 Å². The Hall–Kier alpha value is -2.01. The molecule has 1 aliphatic rings. The summed E-state index contributed by atoms with van der Waals surface area (Å²) in [6.07, 6.45) is 10.4. The van der Waals surface area contributed by atoms with Gasteiger partial charge in [-0.05, 0) is 24.7 Å². The summed E-state index contributed by atoms with van der Waals surface area (Å²) in [5.41, 5.74) is -0.256. The van der Waals surface area contributed by atoms with Crippen molar-refractivity contribution < 1.29 is 39.2 Å². The van der Waals surface area contributed by atoms with E-state index in [9.17, 15) is 29.7 Å². The van der Waals surface area contributed by atoms with E-state index in [-0.39, 0.29) is 30.3 Å². The molecule has 0 aromatic carbocycles. The average Bonchev–Trinajstić information content (AvgIpc) is 3.07. The number of likely N-dealkylation sites (N-methyl/N-ethyl adjacent to an activating group) is 1. The summed E-state index contributed by atoms with van der Waals surface area (Å²) in [4.78, 5) is 39.8. The maximum Gasteiger partial charge on any atom is 0.306 e. The predicted octanol–water partition coefficient (Wildman–Crippen LogP) is 4.04. The van der Waals surface area contributed by atoms with Crippen molar-refractivity contribution in [2.75, 3.05) is 20.7 Å². The lowest BCUT2D eigenvalue weighted by molar-refractivity contribution is -0.151. The fraction of sp³-hybridized carbons (Fsp3) is 0.848. The number of methoxy groups -OCH3 is 1. The van der Waals surface area contributed by atoms with Crippen LogP contribution in [0.5, 0.6) is 0 Å². The smallest absolute Gasteiger partial charge is 0.306 e. The van der Waals surface area contributed by atoms with Gasteiger partial charge in [-0.15, -0.1) is 0 Å². The number of hydrogen-bond acceptors (Lipinski definition) is 8. The number of carbonyl (C=O) groups excluding carboxylic acids is 3. The van der Waals surface area contributed by atoms with E-state index < -0.39 is 42.5 Å². The van der Waals surface area contributed by atoms with Crippen molar-refractivity contribution in [1.82, 2.24) is 10.2 Å². The van der Waals surface area contributed by atoms with Crippen LogP contribution in [0.15, 0.2) is 12.2 Å². The minimum absolute atomic E-state index is 0.219. The second-order valence-corrected chi connectivity index (χ2v) is 13.1. The number of amides is 2. The first-order valence-corrected chi connectivity index (χ1v) is 16.3. The molecule has 0 aromatic rings. The molecule has 0 unspecified atom stereocenters.